The van der Waals surface area contributed by atoms with Crippen LogP contribution in [0.1, 0.15) is 40.9 Å². The molecule has 1 rings (SSSR count). The quantitative estimate of drug-likeness (QED) is 0.830. The molecule has 0 aliphatic carbocycles. The molecule has 0 bridgehead atoms. The number of esters is 1. The molecule has 0 spiro atoms. The number of hydrogen-bond acceptors (Lipinski definition) is 5. The minimum absolute atomic E-state index is 0.00161. The summed E-state index contributed by atoms with van der Waals surface area (Å²) in [6.45, 7) is 5.04. The monoisotopic (exact) mass is 263 g/mol. The number of nitrogens with zero attached hydrogens (tertiary/aromatic N) is 1. The van der Waals surface area contributed by atoms with Gasteiger partial charge in [0.05, 0.1) is 0 Å². The van der Waals surface area contributed by atoms with Gasteiger partial charge >= 0.3 is 11.9 Å². The van der Waals surface area contributed by atoms with Crippen molar-refractivity contribution in [3.8, 4) is 0 Å². The molecule has 0 atom stereocenters. The van der Waals surface area contributed by atoms with E-state index in [0.29, 0.717) is 0 Å². The van der Waals surface area contributed by atoms with E-state index in [1.807, 2.05) is 0 Å². The van der Waals surface area contributed by atoms with Crippen LogP contribution in [0.25, 0.3) is 0 Å². The van der Waals surface area contributed by atoms with Gasteiger partial charge in [0, 0.05) is 0 Å². The lowest BCUT2D eigenvalue weighted by Crippen LogP contribution is -2.25. The van der Waals surface area contributed by atoms with Crippen LogP contribution in [0.5, 0.6) is 0 Å². The van der Waals surface area contributed by atoms with Crippen LogP contribution in [0.3, 0.4) is 0 Å². The maximum atomic E-state index is 11.6. The van der Waals surface area contributed by atoms with Crippen molar-refractivity contribution in [3.05, 3.63) is 15.0 Å². The zero-order valence-corrected chi connectivity index (χ0v) is 10.5. The van der Waals surface area contributed by atoms with E-state index < -0.39 is 17.5 Å². The highest BCUT2D eigenvalue weighted by Gasteiger charge is 2.27. The van der Waals surface area contributed by atoms with Gasteiger partial charge in [0.15, 0.2) is 10.2 Å². The standard InChI is InChI=1S/C9H10ClNO4S/c1-9(2,3)15-7(14)4-5(6(12)13)16-8(10)11-4/h1-3H3,(H,12,13). The molecule has 0 aliphatic rings. The highest BCUT2D eigenvalue weighted by molar-refractivity contribution is 7.17. The van der Waals surface area contributed by atoms with E-state index in [2.05, 4.69) is 4.98 Å². The summed E-state index contributed by atoms with van der Waals surface area (Å²) in [5, 5.41) is 8.83. The van der Waals surface area contributed by atoms with E-state index in [1.165, 1.54) is 0 Å². The number of carboxylic acid groups (broad SMARTS) is 1. The van der Waals surface area contributed by atoms with Crippen molar-refractivity contribution in [1.29, 1.82) is 0 Å². The van der Waals surface area contributed by atoms with E-state index in [-0.39, 0.29) is 15.0 Å². The van der Waals surface area contributed by atoms with Gasteiger partial charge in [-0.15, -0.1) is 0 Å². The van der Waals surface area contributed by atoms with Crippen molar-refractivity contribution in [2.24, 2.45) is 0 Å². The van der Waals surface area contributed by atoms with Gasteiger partial charge in [-0.2, -0.15) is 0 Å². The number of carbonyl (C=O) groups is 2. The molecule has 0 radical (unpaired) electrons. The van der Waals surface area contributed by atoms with E-state index in [1.54, 1.807) is 20.8 Å². The fourth-order valence-electron chi connectivity index (χ4n) is 0.904. The van der Waals surface area contributed by atoms with Crippen LogP contribution in [-0.2, 0) is 4.74 Å². The van der Waals surface area contributed by atoms with Crippen molar-refractivity contribution < 1.29 is 19.4 Å². The molecule has 88 valence electrons. The Morgan fingerprint density at radius 2 is 2.00 bits per heavy atom. The lowest BCUT2D eigenvalue weighted by molar-refractivity contribution is 0.00602. The fraction of sp³-hybridized carbons (Fsp3) is 0.444. The second-order valence-electron chi connectivity index (χ2n) is 3.95. The van der Waals surface area contributed by atoms with Crippen molar-refractivity contribution in [3.63, 3.8) is 0 Å². The van der Waals surface area contributed by atoms with Crippen LogP contribution in [0.4, 0.5) is 0 Å². The van der Waals surface area contributed by atoms with Crippen LogP contribution in [0.15, 0.2) is 0 Å². The number of rotatable bonds is 2. The topological polar surface area (TPSA) is 76.5 Å². The third-order valence-electron chi connectivity index (χ3n) is 1.39. The summed E-state index contributed by atoms with van der Waals surface area (Å²) in [5.74, 6) is -2.03. The van der Waals surface area contributed by atoms with Gasteiger partial charge < -0.3 is 9.84 Å². The van der Waals surface area contributed by atoms with Gasteiger partial charge in [-0.3, -0.25) is 0 Å². The van der Waals surface area contributed by atoms with Gasteiger partial charge in [-0.1, -0.05) is 22.9 Å². The molecule has 1 heterocycles. The maximum Gasteiger partial charge on any atom is 0.359 e. The zero-order chi connectivity index (χ0) is 12.5. The molecule has 0 fully saturated rings. The molecule has 0 aliphatic heterocycles. The number of aromatic carboxylic acids is 1. The molecule has 0 aromatic carbocycles. The summed E-state index contributed by atoms with van der Waals surface area (Å²) in [6, 6.07) is 0. The molecule has 16 heavy (non-hydrogen) atoms. The third kappa shape index (κ3) is 3.18. The van der Waals surface area contributed by atoms with Crippen molar-refractivity contribution in [2.45, 2.75) is 26.4 Å². The lowest BCUT2D eigenvalue weighted by atomic mass is 10.2. The van der Waals surface area contributed by atoms with Crippen LogP contribution in [0.2, 0.25) is 4.47 Å². The first-order chi connectivity index (χ1) is 7.20. The molecular formula is C9H10ClNO4S. The molecule has 1 aromatic rings. The minimum Gasteiger partial charge on any atom is -0.477 e. The summed E-state index contributed by atoms with van der Waals surface area (Å²) >= 11 is 6.29. The summed E-state index contributed by atoms with van der Waals surface area (Å²) in [7, 11) is 0. The zero-order valence-electron chi connectivity index (χ0n) is 8.91. The lowest BCUT2D eigenvalue weighted by Gasteiger charge is -2.18. The highest BCUT2D eigenvalue weighted by atomic mass is 35.5. The van der Waals surface area contributed by atoms with E-state index in [9.17, 15) is 9.59 Å². The molecular weight excluding hydrogens is 254 g/mol. The maximum absolute atomic E-state index is 11.6. The van der Waals surface area contributed by atoms with Crippen molar-refractivity contribution in [2.75, 3.05) is 0 Å². The smallest absolute Gasteiger partial charge is 0.359 e. The van der Waals surface area contributed by atoms with Gasteiger partial charge in [0.2, 0.25) is 0 Å². The van der Waals surface area contributed by atoms with E-state index in [4.69, 9.17) is 21.4 Å². The predicted molar refractivity (Wildman–Crippen MR) is 59.3 cm³/mol. The molecule has 1 N–H and O–H groups in total. The SMILES string of the molecule is CC(C)(C)OC(=O)c1nc(Cl)sc1C(=O)O. The van der Waals surface area contributed by atoms with Gasteiger partial charge in [0.25, 0.3) is 0 Å². The first kappa shape index (κ1) is 12.9. The number of hydrogen-bond donors (Lipinski definition) is 1. The Bertz CT molecular complexity index is 435. The molecule has 7 heteroatoms. The van der Waals surface area contributed by atoms with Crippen LogP contribution < -0.4 is 0 Å². The van der Waals surface area contributed by atoms with Crippen LogP contribution >= 0.6 is 22.9 Å². The highest BCUT2D eigenvalue weighted by Crippen LogP contribution is 2.24. The third-order valence-corrected chi connectivity index (χ3v) is 2.54. The molecule has 0 saturated heterocycles. The number of thiazole rings is 1. The molecule has 0 unspecified atom stereocenters. The second-order valence-corrected chi connectivity index (χ2v) is 5.53. The summed E-state index contributed by atoms with van der Waals surface area (Å²) < 4.78 is 5.01. The molecule has 0 amide bonds. The first-order valence-corrected chi connectivity index (χ1v) is 5.53. The minimum atomic E-state index is -1.25. The molecule has 1 aromatic heterocycles. The van der Waals surface area contributed by atoms with Crippen LogP contribution in [-0.4, -0.2) is 27.6 Å². The van der Waals surface area contributed by atoms with Crippen LogP contribution in [0, 0.1) is 0 Å². The Morgan fingerprint density at radius 3 is 2.44 bits per heavy atom. The van der Waals surface area contributed by atoms with Crippen molar-refractivity contribution in [1.82, 2.24) is 4.98 Å². The molecule has 0 saturated carbocycles. The van der Waals surface area contributed by atoms with E-state index >= 15 is 0 Å². The predicted octanol–water partition coefficient (Wildman–Crippen LogP) is 2.45. The Balaban J connectivity index is 3.04. The number of ether oxygens (including phenoxy) is 1. The Labute approximate surface area is 101 Å². The number of aromatic nitrogens is 1. The summed E-state index contributed by atoms with van der Waals surface area (Å²) in [5.41, 5.74) is -0.958. The van der Waals surface area contributed by atoms with Crippen molar-refractivity contribution >= 4 is 34.9 Å². The summed E-state index contributed by atoms with van der Waals surface area (Å²) in [6.07, 6.45) is 0. The number of halogens is 1. The average Bonchev–Trinajstić information content (AvgIpc) is 2.44. The van der Waals surface area contributed by atoms with Gasteiger partial charge in [-0.25, -0.2) is 14.6 Å². The number of carboxylic acids is 1. The Morgan fingerprint density at radius 1 is 1.44 bits per heavy atom. The second kappa shape index (κ2) is 4.39. The first-order valence-electron chi connectivity index (χ1n) is 4.33. The fourth-order valence-corrected chi connectivity index (χ4v) is 1.84. The normalized spacial score (nSPS) is 11.2. The number of carbonyl (C=O) groups excluding carboxylic acids is 1. The Hall–Kier alpha value is -1.14. The average molecular weight is 264 g/mol. The largest absolute Gasteiger partial charge is 0.477 e. The van der Waals surface area contributed by atoms with E-state index in [0.717, 1.165) is 11.3 Å². The van der Waals surface area contributed by atoms with Gasteiger partial charge in [0.1, 0.15) is 10.5 Å². The van der Waals surface area contributed by atoms with Gasteiger partial charge in [-0.05, 0) is 20.8 Å². The summed E-state index contributed by atoms with van der Waals surface area (Å²) in [4.78, 5) is 25.8. The molecule has 5 nitrogen and oxygen atoms in total. The Kier molecular flexibility index (Phi) is 3.54.